The van der Waals surface area contributed by atoms with E-state index in [0.29, 0.717) is 18.4 Å². The predicted octanol–water partition coefficient (Wildman–Crippen LogP) is 2.37. The van der Waals surface area contributed by atoms with Gasteiger partial charge in [-0.15, -0.1) is 0 Å². The highest BCUT2D eigenvalue weighted by atomic mass is 16.6. The molecule has 21 heavy (non-hydrogen) atoms. The molecule has 114 valence electrons. The molecule has 0 aliphatic heterocycles. The molecule has 0 bridgehead atoms. The number of aliphatic carboxylic acids is 1. The first-order chi connectivity index (χ1) is 9.83. The molecule has 0 heterocycles. The van der Waals surface area contributed by atoms with Gasteiger partial charge in [-0.1, -0.05) is 26.3 Å². The Hall–Kier alpha value is -2.44. The molecular formula is C14H18N2O5. The van der Waals surface area contributed by atoms with Crippen molar-refractivity contribution in [2.75, 3.05) is 4.90 Å². The van der Waals surface area contributed by atoms with Gasteiger partial charge >= 0.3 is 5.97 Å². The maximum Gasteiger partial charge on any atom is 0.327 e. The fourth-order valence-electron chi connectivity index (χ4n) is 2.10. The summed E-state index contributed by atoms with van der Waals surface area (Å²) < 4.78 is 0. The van der Waals surface area contributed by atoms with Crippen LogP contribution in [0.1, 0.15) is 25.8 Å². The molecule has 1 rings (SSSR count). The van der Waals surface area contributed by atoms with Crippen LogP contribution in [0, 0.1) is 23.0 Å². The average Bonchev–Trinajstić information content (AvgIpc) is 2.43. The van der Waals surface area contributed by atoms with Crippen LogP contribution in [0.25, 0.3) is 0 Å². The topological polar surface area (TPSA) is 101 Å². The SMILES string of the molecule is CCC(C)C(C(=O)O)N(C=O)c1ccc(C)c([N+](=O)[O-])c1. The van der Waals surface area contributed by atoms with Gasteiger partial charge in [-0.3, -0.25) is 14.9 Å². The van der Waals surface area contributed by atoms with Crippen molar-refractivity contribution in [2.24, 2.45) is 5.92 Å². The second-order valence-electron chi connectivity index (χ2n) is 4.91. The Morgan fingerprint density at radius 1 is 1.52 bits per heavy atom. The van der Waals surface area contributed by atoms with Crippen LogP contribution < -0.4 is 4.90 Å². The van der Waals surface area contributed by atoms with E-state index in [0.717, 1.165) is 4.90 Å². The van der Waals surface area contributed by atoms with E-state index in [2.05, 4.69) is 0 Å². The summed E-state index contributed by atoms with van der Waals surface area (Å²) in [6, 6.07) is 3.17. The van der Waals surface area contributed by atoms with Crippen LogP contribution in [0.15, 0.2) is 18.2 Å². The second kappa shape index (κ2) is 6.83. The highest BCUT2D eigenvalue weighted by Gasteiger charge is 2.31. The van der Waals surface area contributed by atoms with Gasteiger partial charge in [0.15, 0.2) is 0 Å². The maximum absolute atomic E-state index is 11.4. The average molecular weight is 294 g/mol. The number of carbonyl (C=O) groups excluding carboxylic acids is 1. The molecule has 0 fully saturated rings. The molecule has 1 aromatic rings. The lowest BCUT2D eigenvalue weighted by Crippen LogP contribution is -2.45. The number of amides is 1. The molecule has 0 radical (unpaired) electrons. The van der Waals surface area contributed by atoms with Crippen molar-refractivity contribution in [1.82, 2.24) is 0 Å². The fourth-order valence-corrected chi connectivity index (χ4v) is 2.10. The summed E-state index contributed by atoms with van der Waals surface area (Å²) in [5.41, 5.74) is 0.507. The molecule has 0 saturated carbocycles. The van der Waals surface area contributed by atoms with Crippen molar-refractivity contribution in [3.63, 3.8) is 0 Å². The van der Waals surface area contributed by atoms with E-state index < -0.39 is 16.9 Å². The molecule has 7 nitrogen and oxygen atoms in total. The molecule has 1 amide bonds. The Morgan fingerprint density at radius 2 is 2.14 bits per heavy atom. The first kappa shape index (κ1) is 16.6. The largest absolute Gasteiger partial charge is 0.480 e. The summed E-state index contributed by atoms with van der Waals surface area (Å²) in [4.78, 5) is 34.2. The summed E-state index contributed by atoms with van der Waals surface area (Å²) in [6.07, 6.45) is 0.967. The minimum Gasteiger partial charge on any atom is -0.480 e. The lowest BCUT2D eigenvalue weighted by atomic mass is 9.97. The number of hydrogen-bond acceptors (Lipinski definition) is 4. The summed E-state index contributed by atoms with van der Waals surface area (Å²) in [5, 5.41) is 20.3. The normalized spacial score (nSPS) is 13.3. The number of benzene rings is 1. The lowest BCUT2D eigenvalue weighted by Gasteiger charge is -2.29. The molecule has 1 N–H and O–H groups in total. The number of carboxylic acids is 1. The van der Waals surface area contributed by atoms with E-state index in [1.165, 1.54) is 18.2 Å². The molecule has 0 aromatic heterocycles. The molecule has 0 spiro atoms. The van der Waals surface area contributed by atoms with Crippen LogP contribution in [0.3, 0.4) is 0 Å². The summed E-state index contributed by atoms with van der Waals surface area (Å²) >= 11 is 0. The van der Waals surface area contributed by atoms with E-state index >= 15 is 0 Å². The van der Waals surface area contributed by atoms with Gasteiger partial charge < -0.3 is 10.0 Å². The zero-order valence-electron chi connectivity index (χ0n) is 12.1. The Morgan fingerprint density at radius 3 is 2.57 bits per heavy atom. The third kappa shape index (κ3) is 3.56. The Kier molecular flexibility index (Phi) is 5.40. The number of aryl methyl sites for hydroxylation is 1. The maximum atomic E-state index is 11.4. The van der Waals surface area contributed by atoms with Crippen molar-refractivity contribution in [3.8, 4) is 0 Å². The van der Waals surface area contributed by atoms with Crippen LogP contribution in [-0.2, 0) is 9.59 Å². The Bertz CT molecular complexity index is 558. The van der Waals surface area contributed by atoms with Gasteiger partial charge in [0.2, 0.25) is 6.41 Å². The molecule has 2 unspecified atom stereocenters. The number of nitro benzene ring substituents is 1. The lowest BCUT2D eigenvalue weighted by molar-refractivity contribution is -0.385. The van der Waals surface area contributed by atoms with Gasteiger partial charge in [-0.2, -0.15) is 0 Å². The quantitative estimate of drug-likeness (QED) is 0.472. The van der Waals surface area contributed by atoms with Crippen LogP contribution >= 0.6 is 0 Å². The van der Waals surface area contributed by atoms with E-state index in [1.54, 1.807) is 13.8 Å². The highest BCUT2D eigenvalue weighted by molar-refractivity contribution is 5.88. The minimum atomic E-state index is -1.14. The molecule has 1 aromatic carbocycles. The third-order valence-corrected chi connectivity index (χ3v) is 3.54. The van der Waals surface area contributed by atoms with Gasteiger partial charge in [0.05, 0.1) is 10.6 Å². The molecule has 0 saturated heterocycles. The van der Waals surface area contributed by atoms with Crippen LogP contribution in [-0.4, -0.2) is 28.5 Å². The van der Waals surface area contributed by atoms with Crippen LogP contribution in [0.5, 0.6) is 0 Å². The number of hydrogen-bond donors (Lipinski definition) is 1. The van der Waals surface area contributed by atoms with Crippen molar-refractivity contribution in [3.05, 3.63) is 33.9 Å². The number of rotatable bonds is 7. The van der Waals surface area contributed by atoms with Gasteiger partial charge in [0, 0.05) is 11.6 Å². The summed E-state index contributed by atoms with van der Waals surface area (Å²) in [6.45, 7) is 5.12. The fraction of sp³-hybridized carbons (Fsp3) is 0.429. The van der Waals surface area contributed by atoms with Crippen molar-refractivity contribution in [1.29, 1.82) is 0 Å². The second-order valence-corrected chi connectivity index (χ2v) is 4.91. The minimum absolute atomic E-state index is 0.146. The van der Waals surface area contributed by atoms with Gasteiger partial charge in [0.25, 0.3) is 5.69 Å². The third-order valence-electron chi connectivity index (χ3n) is 3.54. The van der Waals surface area contributed by atoms with Crippen molar-refractivity contribution >= 4 is 23.8 Å². The predicted molar refractivity (Wildman–Crippen MR) is 77.3 cm³/mol. The molecule has 7 heteroatoms. The van der Waals surface area contributed by atoms with E-state index in [1.807, 2.05) is 6.92 Å². The van der Waals surface area contributed by atoms with E-state index in [9.17, 15) is 24.8 Å². The molecule has 0 aliphatic rings. The van der Waals surface area contributed by atoms with Crippen LogP contribution in [0.4, 0.5) is 11.4 Å². The van der Waals surface area contributed by atoms with Gasteiger partial charge in [0.1, 0.15) is 6.04 Å². The number of nitro groups is 1. The molecular weight excluding hydrogens is 276 g/mol. The Balaban J connectivity index is 3.32. The van der Waals surface area contributed by atoms with E-state index in [-0.39, 0.29) is 17.3 Å². The van der Waals surface area contributed by atoms with Gasteiger partial charge in [-0.25, -0.2) is 4.79 Å². The zero-order chi connectivity index (χ0) is 16.2. The number of carboxylic acid groups (broad SMARTS) is 1. The standard InChI is InChI=1S/C14H18N2O5/c1-4-9(2)13(14(18)19)15(8-17)11-6-5-10(3)12(7-11)16(20)21/h5-9,13H,4H2,1-3H3,(H,18,19). The smallest absolute Gasteiger partial charge is 0.327 e. The van der Waals surface area contributed by atoms with Crippen LogP contribution in [0.2, 0.25) is 0 Å². The summed E-state index contributed by atoms with van der Waals surface area (Å²) in [7, 11) is 0. The number of carbonyl (C=O) groups is 2. The van der Waals surface area contributed by atoms with E-state index in [4.69, 9.17) is 0 Å². The first-order valence-corrected chi connectivity index (χ1v) is 6.54. The first-order valence-electron chi connectivity index (χ1n) is 6.54. The highest BCUT2D eigenvalue weighted by Crippen LogP contribution is 2.27. The van der Waals surface area contributed by atoms with Gasteiger partial charge in [-0.05, 0) is 18.9 Å². The monoisotopic (exact) mass is 294 g/mol. The van der Waals surface area contributed by atoms with Crippen molar-refractivity contribution < 1.29 is 19.6 Å². The summed E-state index contributed by atoms with van der Waals surface area (Å²) in [5.74, 6) is -1.42. The molecule has 2 atom stereocenters. The zero-order valence-corrected chi connectivity index (χ0v) is 12.1. The molecule has 0 aliphatic carbocycles. The Labute approximate surface area is 122 Å². The number of anilines is 1. The van der Waals surface area contributed by atoms with Crippen molar-refractivity contribution in [2.45, 2.75) is 33.2 Å². The number of nitrogens with zero attached hydrogens (tertiary/aromatic N) is 2.